The van der Waals surface area contributed by atoms with Crippen LogP contribution in [0.15, 0.2) is 53.4 Å². The molecule has 0 spiro atoms. The Kier molecular flexibility index (Phi) is 5.37. The molecule has 0 aliphatic heterocycles. The number of sulfone groups is 1. The quantitative estimate of drug-likeness (QED) is 0.799. The minimum Gasteiger partial charge on any atom is -0.348 e. The van der Waals surface area contributed by atoms with Crippen LogP contribution in [0.5, 0.6) is 0 Å². The summed E-state index contributed by atoms with van der Waals surface area (Å²) in [6.45, 7) is 0. The molecule has 132 valence electrons. The molecule has 1 N–H and O–H groups in total. The molecular weight excluding hydrogens is 381 g/mol. The van der Waals surface area contributed by atoms with Crippen LogP contribution < -0.4 is 5.32 Å². The third-order valence-corrected chi connectivity index (χ3v) is 6.27. The molecule has 1 amide bonds. The first kappa shape index (κ1) is 18.2. The maximum absolute atomic E-state index is 12.4. The van der Waals surface area contributed by atoms with E-state index in [-0.39, 0.29) is 10.9 Å². The molecule has 0 heterocycles. The Morgan fingerprint density at radius 1 is 1.00 bits per heavy atom. The molecule has 1 atom stereocenters. The molecule has 1 aliphatic rings. The predicted molar refractivity (Wildman–Crippen MR) is 98.6 cm³/mol. The van der Waals surface area contributed by atoms with Gasteiger partial charge >= 0.3 is 0 Å². The largest absolute Gasteiger partial charge is 0.348 e. The van der Waals surface area contributed by atoms with E-state index in [1.165, 1.54) is 24.3 Å². The van der Waals surface area contributed by atoms with Crippen molar-refractivity contribution < 1.29 is 13.2 Å². The number of hydrogen-bond acceptors (Lipinski definition) is 3. The molecular formula is C18H17Cl2NO3S. The third kappa shape index (κ3) is 4.75. The number of carbonyl (C=O) groups excluding carboxylic acids is 1. The van der Waals surface area contributed by atoms with E-state index >= 15 is 0 Å². The zero-order valence-corrected chi connectivity index (χ0v) is 15.6. The third-order valence-electron chi connectivity index (χ3n) is 4.13. The SMILES string of the molecule is O=C(CS(=O)(=O)c1ccc(Cl)cc1)NC(c1ccc(Cl)cc1)C1CC1. The monoisotopic (exact) mass is 397 g/mol. The molecule has 0 radical (unpaired) electrons. The first-order valence-electron chi connectivity index (χ1n) is 7.88. The van der Waals surface area contributed by atoms with E-state index in [0.29, 0.717) is 16.0 Å². The summed E-state index contributed by atoms with van der Waals surface area (Å²) in [5, 5.41) is 3.93. The average molecular weight is 398 g/mol. The second-order valence-electron chi connectivity index (χ2n) is 6.15. The molecule has 1 fully saturated rings. The minimum absolute atomic E-state index is 0.0847. The van der Waals surface area contributed by atoms with Crippen molar-refractivity contribution in [3.63, 3.8) is 0 Å². The summed E-state index contributed by atoms with van der Waals surface area (Å²) in [6, 6.07) is 12.9. The second-order valence-corrected chi connectivity index (χ2v) is 9.01. The van der Waals surface area contributed by atoms with Crippen LogP contribution in [-0.4, -0.2) is 20.1 Å². The molecule has 1 saturated carbocycles. The van der Waals surface area contributed by atoms with Crippen molar-refractivity contribution in [2.24, 2.45) is 5.92 Å². The Labute approximate surface area is 157 Å². The normalized spacial score (nSPS) is 15.6. The van der Waals surface area contributed by atoms with Gasteiger partial charge in [-0.05, 0) is 60.7 Å². The fourth-order valence-electron chi connectivity index (χ4n) is 2.69. The van der Waals surface area contributed by atoms with E-state index < -0.39 is 21.5 Å². The summed E-state index contributed by atoms with van der Waals surface area (Å²) >= 11 is 11.7. The van der Waals surface area contributed by atoms with Crippen molar-refractivity contribution >= 4 is 38.9 Å². The average Bonchev–Trinajstić information content (AvgIpc) is 3.38. The first-order valence-corrected chi connectivity index (χ1v) is 10.3. The zero-order chi connectivity index (χ0) is 18.0. The highest BCUT2D eigenvalue weighted by Crippen LogP contribution is 2.41. The maximum Gasteiger partial charge on any atom is 0.236 e. The minimum atomic E-state index is -3.71. The highest BCUT2D eigenvalue weighted by molar-refractivity contribution is 7.92. The summed E-state index contributed by atoms with van der Waals surface area (Å²) in [7, 11) is -3.71. The van der Waals surface area contributed by atoms with Crippen LogP contribution in [0.2, 0.25) is 10.0 Å². The van der Waals surface area contributed by atoms with Crippen molar-refractivity contribution in [2.45, 2.75) is 23.8 Å². The molecule has 2 aromatic carbocycles. The molecule has 1 unspecified atom stereocenters. The second kappa shape index (κ2) is 7.36. The Balaban J connectivity index is 1.71. The summed E-state index contributed by atoms with van der Waals surface area (Å²) in [5.41, 5.74) is 0.934. The fourth-order valence-corrected chi connectivity index (χ4v) is 4.08. The van der Waals surface area contributed by atoms with Gasteiger partial charge in [0, 0.05) is 10.0 Å². The van der Waals surface area contributed by atoms with E-state index in [2.05, 4.69) is 5.32 Å². The molecule has 0 aromatic heterocycles. The zero-order valence-electron chi connectivity index (χ0n) is 13.3. The van der Waals surface area contributed by atoms with Gasteiger partial charge in [-0.25, -0.2) is 8.42 Å². The molecule has 25 heavy (non-hydrogen) atoms. The van der Waals surface area contributed by atoms with E-state index in [9.17, 15) is 13.2 Å². The standard InChI is InChI=1S/C18H17Cl2NO3S/c19-14-5-3-13(4-6-14)18(12-1-2-12)21-17(22)11-25(23,24)16-9-7-15(20)8-10-16/h3-10,12,18H,1-2,11H2,(H,21,22). The van der Waals surface area contributed by atoms with Crippen molar-refractivity contribution in [3.05, 3.63) is 64.1 Å². The van der Waals surface area contributed by atoms with Crippen LogP contribution in [-0.2, 0) is 14.6 Å². The topological polar surface area (TPSA) is 63.2 Å². The van der Waals surface area contributed by atoms with Gasteiger partial charge in [0.1, 0.15) is 5.75 Å². The van der Waals surface area contributed by atoms with Gasteiger partial charge in [-0.2, -0.15) is 0 Å². The van der Waals surface area contributed by atoms with Crippen LogP contribution in [0.1, 0.15) is 24.4 Å². The first-order chi connectivity index (χ1) is 11.8. The maximum atomic E-state index is 12.4. The molecule has 1 aliphatic carbocycles. The lowest BCUT2D eigenvalue weighted by atomic mass is 10.0. The lowest BCUT2D eigenvalue weighted by molar-refractivity contribution is -0.119. The summed E-state index contributed by atoms with van der Waals surface area (Å²) < 4.78 is 24.8. The van der Waals surface area contributed by atoms with Gasteiger partial charge in [0.2, 0.25) is 5.91 Å². The van der Waals surface area contributed by atoms with Crippen molar-refractivity contribution in [1.29, 1.82) is 0 Å². The number of carbonyl (C=O) groups is 1. The summed E-state index contributed by atoms with van der Waals surface area (Å²) in [4.78, 5) is 12.4. The Hall–Kier alpha value is -1.56. The molecule has 3 rings (SSSR count). The van der Waals surface area contributed by atoms with Gasteiger partial charge in [-0.1, -0.05) is 35.3 Å². The van der Waals surface area contributed by atoms with Crippen LogP contribution >= 0.6 is 23.2 Å². The predicted octanol–water partition coefficient (Wildman–Crippen LogP) is 4.03. The van der Waals surface area contributed by atoms with E-state index in [0.717, 1.165) is 18.4 Å². The van der Waals surface area contributed by atoms with Crippen LogP contribution in [0.4, 0.5) is 0 Å². The van der Waals surface area contributed by atoms with Gasteiger partial charge in [0.15, 0.2) is 9.84 Å². The Bertz CT molecular complexity index is 860. The Morgan fingerprint density at radius 3 is 2.04 bits per heavy atom. The number of halogens is 2. The van der Waals surface area contributed by atoms with Gasteiger partial charge in [0.25, 0.3) is 0 Å². The Morgan fingerprint density at radius 2 is 1.52 bits per heavy atom. The van der Waals surface area contributed by atoms with E-state index in [1.54, 1.807) is 12.1 Å². The van der Waals surface area contributed by atoms with Gasteiger partial charge in [-0.3, -0.25) is 4.79 Å². The van der Waals surface area contributed by atoms with Crippen LogP contribution in [0, 0.1) is 5.92 Å². The molecule has 7 heteroatoms. The highest BCUT2D eigenvalue weighted by atomic mass is 35.5. The number of amides is 1. The van der Waals surface area contributed by atoms with Gasteiger partial charge in [0.05, 0.1) is 10.9 Å². The van der Waals surface area contributed by atoms with E-state index in [4.69, 9.17) is 23.2 Å². The number of hydrogen-bond donors (Lipinski definition) is 1. The number of benzene rings is 2. The van der Waals surface area contributed by atoms with Crippen LogP contribution in [0.3, 0.4) is 0 Å². The van der Waals surface area contributed by atoms with Gasteiger partial charge in [-0.15, -0.1) is 0 Å². The summed E-state index contributed by atoms with van der Waals surface area (Å²) in [5.74, 6) is -0.768. The molecule has 0 saturated heterocycles. The molecule has 0 bridgehead atoms. The van der Waals surface area contributed by atoms with Crippen LogP contribution in [0.25, 0.3) is 0 Å². The van der Waals surface area contributed by atoms with Gasteiger partial charge < -0.3 is 5.32 Å². The molecule has 4 nitrogen and oxygen atoms in total. The smallest absolute Gasteiger partial charge is 0.236 e. The lowest BCUT2D eigenvalue weighted by Gasteiger charge is -2.19. The van der Waals surface area contributed by atoms with Crippen molar-refractivity contribution in [3.8, 4) is 0 Å². The number of rotatable bonds is 6. The van der Waals surface area contributed by atoms with Crippen molar-refractivity contribution in [2.75, 3.05) is 5.75 Å². The highest BCUT2D eigenvalue weighted by Gasteiger charge is 2.34. The van der Waals surface area contributed by atoms with Crippen molar-refractivity contribution in [1.82, 2.24) is 5.32 Å². The fraction of sp³-hybridized carbons (Fsp3) is 0.278. The summed E-state index contributed by atoms with van der Waals surface area (Å²) in [6.07, 6.45) is 2.02. The lowest BCUT2D eigenvalue weighted by Crippen LogP contribution is -2.34. The van der Waals surface area contributed by atoms with E-state index in [1.807, 2.05) is 12.1 Å². The number of nitrogens with one attached hydrogen (secondary N) is 1. The molecule has 2 aromatic rings.